The van der Waals surface area contributed by atoms with Gasteiger partial charge < -0.3 is 0 Å². The summed E-state index contributed by atoms with van der Waals surface area (Å²) in [5.74, 6) is 6.40. The minimum atomic E-state index is 0.255. The molecule has 0 aromatic carbocycles. The fraction of sp³-hybridized carbons (Fsp3) is 0.444. The Hall–Kier alpha value is -0.290. The van der Waals surface area contributed by atoms with Gasteiger partial charge in [-0.3, -0.25) is 16.3 Å². The van der Waals surface area contributed by atoms with E-state index in [2.05, 4.69) is 16.7 Å². The Labute approximate surface area is 93.4 Å². The summed E-state index contributed by atoms with van der Waals surface area (Å²) in [4.78, 5) is 3.94. The van der Waals surface area contributed by atoms with Gasteiger partial charge in [-0.15, -0.1) is 0 Å². The molecule has 1 aromatic rings. The second-order valence-corrected chi connectivity index (χ2v) is 4.31. The van der Waals surface area contributed by atoms with E-state index in [4.69, 9.17) is 17.4 Å². The van der Waals surface area contributed by atoms with Crippen LogP contribution in [0.25, 0.3) is 0 Å². The molecule has 5 heteroatoms. The fourth-order valence-electron chi connectivity index (χ4n) is 1.20. The van der Waals surface area contributed by atoms with Gasteiger partial charge in [-0.1, -0.05) is 11.6 Å². The van der Waals surface area contributed by atoms with Crippen molar-refractivity contribution in [2.75, 3.05) is 12.0 Å². The maximum Gasteiger partial charge on any atom is 0.0621 e. The van der Waals surface area contributed by atoms with Crippen molar-refractivity contribution in [2.24, 2.45) is 5.84 Å². The maximum absolute atomic E-state index is 5.99. The second-order valence-electron chi connectivity index (χ2n) is 2.99. The lowest BCUT2D eigenvalue weighted by Gasteiger charge is -2.14. The number of thioether (sulfide) groups is 1. The third-order valence-corrected chi connectivity index (χ3v) is 3.00. The van der Waals surface area contributed by atoms with Gasteiger partial charge in [0.25, 0.3) is 0 Å². The van der Waals surface area contributed by atoms with Crippen molar-refractivity contribution >= 4 is 23.4 Å². The number of aromatic nitrogens is 1. The molecule has 3 nitrogen and oxygen atoms in total. The molecule has 0 aliphatic carbocycles. The molecule has 0 spiro atoms. The van der Waals surface area contributed by atoms with Crippen LogP contribution >= 0.6 is 23.4 Å². The maximum atomic E-state index is 5.99. The van der Waals surface area contributed by atoms with E-state index in [1.165, 1.54) is 0 Å². The van der Waals surface area contributed by atoms with Crippen LogP contribution in [0.3, 0.4) is 0 Å². The Morgan fingerprint density at radius 3 is 3.07 bits per heavy atom. The van der Waals surface area contributed by atoms with Crippen molar-refractivity contribution in [1.82, 2.24) is 10.4 Å². The van der Waals surface area contributed by atoms with Crippen LogP contribution in [0.5, 0.6) is 0 Å². The summed E-state index contributed by atoms with van der Waals surface area (Å²) in [6.07, 6.45) is 6.29. The van der Waals surface area contributed by atoms with E-state index in [1.54, 1.807) is 24.2 Å². The molecule has 78 valence electrons. The number of nitrogens with zero attached hydrogens (tertiary/aromatic N) is 1. The first kappa shape index (κ1) is 11.8. The summed E-state index contributed by atoms with van der Waals surface area (Å²) in [6, 6.07) is 2.18. The third kappa shape index (κ3) is 3.46. The quantitative estimate of drug-likeness (QED) is 0.595. The summed E-state index contributed by atoms with van der Waals surface area (Å²) in [5, 5.41) is 0.703. The van der Waals surface area contributed by atoms with Crippen LogP contribution in [0.4, 0.5) is 0 Å². The Morgan fingerprint density at radius 2 is 2.50 bits per heavy atom. The van der Waals surface area contributed by atoms with Gasteiger partial charge in [0.1, 0.15) is 0 Å². The van der Waals surface area contributed by atoms with Gasteiger partial charge in [-0.25, -0.2) is 0 Å². The lowest BCUT2D eigenvalue weighted by atomic mass is 10.1. The number of rotatable bonds is 5. The number of nitrogens with one attached hydrogen (secondary N) is 1. The molecule has 1 aromatic heterocycles. The van der Waals surface area contributed by atoms with Gasteiger partial charge >= 0.3 is 0 Å². The molecule has 1 heterocycles. The second kappa shape index (κ2) is 6.24. The lowest BCUT2D eigenvalue weighted by Crippen LogP contribution is -2.38. The highest BCUT2D eigenvalue weighted by Gasteiger charge is 2.08. The lowest BCUT2D eigenvalue weighted by molar-refractivity contribution is 0.575. The molecular weight excluding hydrogens is 218 g/mol. The van der Waals surface area contributed by atoms with Gasteiger partial charge in [-0.05, 0) is 24.3 Å². The molecule has 0 saturated carbocycles. The smallest absolute Gasteiger partial charge is 0.0621 e. The van der Waals surface area contributed by atoms with Crippen molar-refractivity contribution in [1.29, 1.82) is 0 Å². The molecule has 1 atom stereocenters. The number of hydrazine groups is 1. The van der Waals surface area contributed by atoms with Crippen LogP contribution in [0.1, 0.15) is 5.56 Å². The number of hydrogen-bond donors (Lipinski definition) is 2. The predicted molar refractivity (Wildman–Crippen MR) is 62.4 cm³/mol. The number of hydrogen-bond acceptors (Lipinski definition) is 4. The minimum absolute atomic E-state index is 0.255. The van der Waals surface area contributed by atoms with Crippen molar-refractivity contribution < 1.29 is 0 Å². The van der Waals surface area contributed by atoms with E-state index < -0.39 is 0 Å². The zero-order valence-corrected chi connectivity index (χ0v) is 9.61. The van der Waals surface area contributed by atoms with Gasteiger partial charge in [0.15, 0.2) is 0 Å². The molecule has 0 amide bonds. The standard InChI is InChI=1S/C9H14ClN3S/c1-14-6-8(13-11)4-7-2-3-12-5-9(7)10/h2-3,5,8,13H,4,6,11H2,1H3. The van der Waals surface area contributed by atoms with Crippen molar-refractivity contribution in [3.05, 3.63) is 29.0 Å². The van der Waals surface area contributed by atoms with Crippen molar-refractivity contribution in [3.63, 3.8) is 0 Å². The molecule has 1 rings (SSSR count). The van der Waals surface area contributed by atoms with E-state index in [0.717, 1.165) is 17.7 Å². The normalized spacial score (nSPS) is 12.8. The Bertz CT molecular complexity index is 283. The Morgan fingerprint density at radius 1 is 1.71 bits per heavy atom. The number of nitrogens with two attached hydrogens (primary N) is 1. The Balaban J connectivity index is 2.62. The van der Waals surface area contributed by atoms with Crippen molar-refractivity contribution in [3.8, 4) is 0 Å². The van der Waals surface area contributed by atoms with E-state index in [0.29, 0.717) is 5.02 Å². The topological polar surface area (TPSA) is 50.9 Å². The summed E-state index contributed by atoms with van der Waals surface area (Å²) < 4.78 is 0. The first-order chi connectivity index (χ1) is 6.77. The van der Waals surface area contributed by atoms with Crippen LogP contribution in [0, 0.1) is 0 Å². The summed E-state index contributed by atoms with van der Waals surface area (Å²) in [6.45, 7) is 0. The first-order valence-corrected chi connectivity index (χ1v) is 6.08. The molecule has 3 N–H and O–H groups in total. The van der Waals surface area contributed by atoms with E-state index in [1.807, 2.05) is 6.07 Å². The molecule has 0 fully saturated rings. The number of halogens is 1. The number of pyridine rings is 1. The zero-order chi connectivity index (χ0) is 10.4. The highest BCUT2D eigenvalue weighted by atomic mass is 35.5. The van der Waals surface area contributed by atoms with Gasteiger partial charge in [0.05, 0.1) is 5.02 Å². The average molecular weight is 232 g/mol. The molecule has 1 unspecified atom stereocenters. The molecule has 14 heavy (non-hydrogen) atoms. The van der Waals surface area contributed by atoms with Gasteiger partial charge in [0.2, 0.25) is 0 Å². The largest absolute Gasteiger partial charge is 0.271 e. The van der Waals surface area contributed by atoms with Crippen LogP contribution in [0.15, 0.2) is 18.5 Å². The highest BCUT2D eigenvalue weighted by molar-refractivity contribution is 7.98. The molecule has 0 saturated heterocycles. The monoisotopic (exact) mass is 231 g/mol. The van der Waals surface area contributed by atoms with Crippen LogP contribution in [-0.4, -0.2) is 23.0 Å². The van der Waals surface area contributed by atoms with Gasteiger partial charge in [0, 0.05) is 24.2 Å². The molecule has 0 bridgehead atoms. The first-order valence-electron chi connectivity index (χ1n) is 4.31. The molecular formula is C9H14ClN3S. The minimum Gasteiger partial charge on any atom is -0.271 e. The van der Waals surface area contributed by atoms with Crippen LogP contribution < -0.4 is 11.3 Å². The predicted octanol–water partition coefficient (Wildman–Crippen LogP) is 1.47. The van der Waals surface area contributed by atoms with Crippen LogP contribution in [0.2, 0.25) is 5.02 Å². The Kier molecular flexibility index (Phi) is 5.25. The summed E-state index contributed by atoms with van der Waals surface area (Å²) >= 11 is 7.75. The van der Waals surface area contributed by atoms with Crippen molar-refractivity contribution in [2.45, 2.75) is 12.5 Å². The fourth-order valence-corrected chi connectivity index (χ4v) is 2.02. The van der Waals surface area contributed by atoms with E-state index in [-0.39, 0.29) is 6.04 Å². The highest BCUT2D eigenvalue weighted by Crippen LogP contribution is 2.16. The van der Waals surface area contributed by atoms with Gasteiger partial charge in [-0.2, -0.15) is 11.8 Å². The molecule has 0 aliphatic rings. The zero-order valence-electron chi connectivity index (χ0n) is 8.03. The van der Waals surface area contributed by atoms with E-state index in [9.17, 15) is 0 Å². The molecule has 0 radical (unpaired) electrons. The SMILES string of the molecule is CSCC(Cc1ccncc1Cl)NN. The van der Waals surface area contributed by atoms with Crippen LogP contribution in [-0.2, 0) is 6.42 Å². The summed E-state index contributed by atoms with van der Waals surface area (Å²) in [7, 11) is 0. The third-order valence-electron chi connectivity index (χ3n) is 1.93. The molecule has 0 aliphatic heterocycles. The average Bonchev–Trinajstić information content (AvgIpc) is 2.20. The summed E-state index contributed by atoms with van der Waals surface area (Å²) in [5.41, 5.74) is 3.86. The van der Waals surface area contributed by atoms with E-state index >= 15 is 0 Å².